The summed E-state index contributed by atoms with van der Waals surface area (Å²) < 4.78 is 44.5. The van der Waals surface area contributed by atoms with Crippen molar-refractivity contribution >= 4 is 10.1 Å². The lowest BCUT2D eigenvalue weighted by Gasteiger charge is -2.30. The number of nitrogens with zero attached hydrogens (tertiary/aromatic N) is 1. The van der Waals surface area contributed by atoms with E-state index < -0.39 is 22.0 Å². The average molecular weight is 421 g/mol. The summed E-state index contributed by atoms with van der Waals surface area (Å²) in [6.07, 6.45) is 14.8. The molecule has 1 rings (SSSR count). The van der Waals surface area contributed by atoms with Crippen LogP contribution in [0.25, 0.3) is 0 Å². The summed E-state index contributed by atoms with van der Waals surface area (Å²) in [7, 11) is -4.27. The standard InChI is InChI=1S/C21H43NO5S/c1-2-3-4-5-6-7-8-9-10-11-12-13-16-27-21(20-28(23,24)25)19-22-14-17-26-18-15-22/h21H,2-20H2,1H3,(H,23,24,25)/p-1. The van der Waals surface area contributed by atoms with Gasteiger partial charge >= 0.3 is 0 Å². The van der Waals surface area contributed by atoms with Crippen LogP contribution < -0.4 is 0 Å². The molecule has 28 heavy (non-hydrogen) atoms. The SMILES string of the molecule is CCCCCCCCCCCCCCOC(CN1CCOCC1)CS(=O)(=O)[O-]. The van der Waals surface area contributed by atoms with E-state index in [1.165, 1.54) is 64.2 Å². The molecule has 168 valence electrons. The van der Waals surface area contributed by atoms with E-state index in [-0.39, 0.29) is 0 Å². The normalized spacial score (nSPS) is 17.1. The summed E-state index contributed by atoms with van der Waals surface area (Å²) in [5.74, 6) is -0.442. The van der Waals surface area contributed by atoms with Crippen LogP contribution in [0.15, 0.2) is 0 Å². The van der Waals surface area contributed by atoms with Crippen LogP contribution in [0, 0.1) is 0 Å². The maximum Gasteiger partial charge on any atom is 0.0972 e. The molecule has 1 aliphatic heterocycles. The number of hydrogen-bond acceptors (Lipinski definition) is 6. The zero-order valence-electron chi connectivity index (χ0n) is 17.9. The Bertz CT molecular complexity index is 452. The van der Waals surface area contributed by atoms with Gasteiger partial charge in [0.05, 0.1) is 35.2 Å². The van der Waals surface area contributed by atoms with Gasteiger partial charge in [0.15, 0.2) is 0 Å². The van der Waals surface area contributed by atoms with Gasteiger partial charge in [0, 0.05) is 26.2 Å². The Morgan fingerprint density at radius 3 is 1.89 bits per heavy atom. The number of ether oxygens (including phenoxy) is 2. The molecular weight excluding hydrogens is 378 g/mol. The van der Waals surface area contributed by atoms with E-state index in [1.807, 2.05) is 0 Å². The van der Waals surface area contributed by atoms with Gasteiger partial charge in [-0.3, -0.25) is 4.90 Å². The number of unbranched alkanes of at least 4 members (excludes halogenated alkanes) is 11. The molecular formula is C21H42NO5S-. The predicted octanol–water partition coefficient (Wildman–Crippen LogP) is 3.95. The van der Waals surface area contributed by atoms with E-state index in [2.05, 4.69) is 11.8 Å². The maximum atomic E-state index is 11.1. The number of hydrogen-bond donors (Lipinski definition) is 0. The molecule has 0 N–H and O–H groups in total. The second-order valence-electron chi connectivity index (χ2n) is 8.02. The van der Waals surface area contributed by atoms with Gasteiger partial charge in [-0.1, -0.05) is 77.6 Å². The monoisotopic (exact) mass is 420 g/mol. The van der Waals surface area contributed by atoms with Crippen molar-refractivity contribution in [3.63, 3.8) is 0 Å². The molecule has 0 amide bonds. The van der Waals surface area contributed by atoms with Crippen molar-refractivity contribution in [2.24, 2.45) is 0 Å². The first-order chi connectivity index (χ1) is 13.5. The van der Waals surface area contributed by atoms with Gasteiger partial charge in [0.2, 0.25) is 0 Å². The third-order valence-corrected chi connectivity index (χ3v) is 6.09. The van der Waals surface area contributed by atoms with E-state index in [4.69, 9.17) is 9.47 Å². The zero-order chi connectivity index (χ0) is 20.5. The number of morpholine rings is 1. The zero-order valence-corrected chi connectivity index (χ0v) is 18.7. The van der Waals surface area contributed by atoms with Gasteiger partial charge in [0.1, 0.15) is 0 Å². The Balaban J connectivity index is 2.02. The van der Waals surface area contributed by atoms with Crippen molar-refractivity contribution in [1.82, 2.24) is 4.90 Å². The molecule has 0 aromatic carbocycles. The highest BCUT2D eigenvalue weighted by Crippen LogP contribution is 2.12. The molecule has 6 nitrogen and oxygen atoms in total. The minimum atomic E-state index is -4.27. The average Bonchev–Trinajstić information content (AvgIpc) is 2.65. The van der Waals surface area contributed by atoms with Crippen LogP contribution >= 0.6 is 0 Å². The molecule has 0 aliphatic carbocycles. The van der Waals surface area contributed by atoms with E-state index in [1.54, 1.807) is 0 Å². The van der Waals surface area contributed by atoms with E-state index >= 15 is 0 Å². The fourth-order valence-corrected chi connectivity index (χ4v) is 4.30. The minimum Gasteiger partial charge on any atom is -0.748 e. The first-order valence-corrected chi connectivity index (χ1v) is 12.9. The third kappa shape index (κ3) is 15.7. The van der Waals surface area contributed by atoms with Crippen LogP contribution in [0.1, 0.15) is 84.0 Å². The molecule has 0 aromatic heterocycles. The highest BCUT2D eigenvalue weighted by Gasteiger charge is 2.19. The second kappa shape index (κ2) is 16.6. The molecule has 1 saturated heterocycles. The molecule has 1 aliphatic rings. The summed E-state index contributed by atoms with van der Waals surface area (Å²) in [6.45, 7) is 6.09. The molecule has 0 radical (unpaired) electrons. The molecule has 1 unspecified atom stereocenters. The van der Waals surface area contributed by atoms with Crippen molar-refractivity contribution < 1.29 is 22.4 Å². The van der Waals surface area contributed by atoms with E-state index in [9.17, 15) is 13.0 Å². The van der Waals surface area contributed by atoms with Crippen molar-refractivity contribution in [3.05, 3.63) is 0 Å². The first kappa shape index (κ1) is 25.8. The Labute approximate surface area is 173 Å². The van der Waals surface area contributed by atoms with Gasteiger partial charge in [0.25, 0.3) is 0 Å². The van der Waals surface area contributed by atoms with Crippen molar-refractivity contribution in [2.75, 3.05) is 45.2 Å². The lowest BCUT2D eigenvalue weighted by Crippen LogP contribution is -2.43. The van der Waals surface area contributed by atoms with Crippen LogP contribution in [0.4, 0.5) is 0 Å². The van der Waals surface area contributed by atoms with Crippen LogP contribution in [-0.2, 0) is 19.6 Å². The fourth-order valence-electron chi connectivity index (χ4n) is 3.65. The van der Waals surface area contributed by atoms with Gasteiger partial charge in [-0.15, -0.1) is 0 Å². The Hall–Kier alpha value is -0.210. The van der Waals surface area contributed by atoms with Crippen LogP contribution in [0.2, 0.25) is 0 Å². The van der Waals surface area contributed by atoms with Gasteiger partial charge < -0.3 is 14.0 Å². The largest absolute Gasteiger partial charge is 0.748 e. The Morgan fingerprint density at radius 1 is 0.893 bits per heavy atom. The summed E-state index contributed by atoms with van der Waals surface area (Å²) in [6, 6.07) is 0. The first-order valence-electron chi connectivity index (χ1n) is 11.4. The molecule has 1 heterocycles. The lowest BCUT2D eigenvalue weighted by molar-refractivity contribution is -0.00572. The highest BCUT2D eigenvalue weighted by atomic mass is 32.2. The summed E-state index contributed by atoms with van der Waals surface area (Å²) in [5.41, 5.74) is 0. The molecule has 0 spiro atoms. The maximum absolute atomic E-state index is 11.1. The second-order valence-corrected chi connectivity index (χ2v) is 9.47. The van der Waals surface area contributed by atoms with Crippen molar-refractivity contribution in [1.29, 1.82) is 0 Å². The number of rotatable bonds is 18. The molecule has 0 bridgehead atoms. The molecule has 1 fully saturated rings. The topological polar surface area (TPSA) is 78.9 Å². The Morgan fingerprint density at radius 2 is 1.39 bits per heavy atom. The van der Waals surface area contributed by atoms with Crippen molar-refractivity contribution in [3.8, 4) is 0 Å². The third-order valence-electron chi connectivity index (χ3n) is 5.31. The summed E-state index contributed by atoms with van der Waals surface area (Å²) in [4.78, 5) is 2.11. The van der Waals surface area contributed by atoms with Crippen LogP contribution in [0.3, 0.4) is 0 Å². The van der Waals surface area contributed by atoms with Gasteiger partial charge in [-0.25, -0.2) is 8.42 Å². The molecule has 7 heteroatoms. The van der Waals surface area contributed by atoms with Gasteiger partial charge in [-0.05, 0) is 6.42 Å². The molecule has 0 saturated carbocycles. The molecule has 1 atom stereocenters. The van der Waals surface area contributed by atoms with Crippen molar-refractivity contribution in [2.45, 2.75) is 90.1 Å². The highest BCUT2D eigenvalue weighted by molar-refractivity contribution is 7.85. The Kier molecular flexibility index (Phi) is 15.3. The summed E-state index contributed by atoms with van der Waals surface area (Å²) in [5, 5.41) is 0. The van der Waals surface area contributed by atoms with E-state index in [0.717, 1.165) is 25.9 Å². The lowest BCUT2D eigenvalue weighted by atomic mass is 10.1. The van der Waals surface area contributed by atoms with Crippen LogP contribution in [0.5, 0.6) is 0 Å². The smallest absolute Gasteiger partial charge is 0.0972 e. The minimum absolute atomic E-state index is 0.442. The summed E-state index contributed by atoms with van der Waals surface area (Å²) >= 11 is 0. The van der Waals surface area contributed by atoms with Gasteiger partial charge in [-0.2, -0.15) is 0 Å². The molecule has 0 aromatic rings. The van der Waals surface area contributed by atoms with Crippen LogP contribution in [-0.4, -0.2) is 69.2 Å². The predicted molar refractivity (Wildman–Crippen MR) is 113 cm³/mol. The quantitative estimate of drug-likeness (QED) is 0.247. The van der Waals surface area contributed by atoms with E-state index in [0.29, 0.717) is 26.4 Å². The fraction of sp³-hybridized carbons (Fsp3) is 1.00.